The van der Waals surface area contributed by atoms with Crippen LogP contribution in [0.3, 0.4) is 0 Å². The molecule has 0 N–H and O–H groups in total. The second-order valence-corrected chi connectivity index (χ2v) is 11.7. The average Bonchev–Trinajstić information content (AvgIpc) is 3.15. The summed E-state index contributed by atoms with van der Waals surface area (Å²) in [4.78, 5) is 17.7. The first-order valence-electron chi connectivity index (χ1n) is 12.7. The molecule has 1 amide bonds. The monoisotopic (exact) mass is 477 g/mol. The van der Waals surface area contributed by atoms with Crippen LogP contribution in [0.1, 0.15) is 68.1 Å². The molecule has 2 saturated heterocycles. The van der Waals surface area contributed by atoms with Crippen molar-refractivity contribution in [3.8, 4) is 5.75 Å². The summed E-state index contributed by atoms with van der Waals surface area (Å²) in [6.07, 6.45) is 10.6. The van der Waals surface area contributed by atoms with Crippen molar-refractivity contribution in [1.82, 2.24) is 14.1 Å². The van der Waals surface area contributed by atoms with E-state index in [0.717, 1.165) is 51.2 Å². The Bertz CT molecular complexity index is 898. The summed E-state index contributed by atoms with van der Waals surface area (Å²) < 4.78 is 33.8. The van der Waals surface area contributed by atoms with Gasteiger partial charge >= 0.3 is 0 Å². The minimum absolute atomic E-state index is 0.0951. The topological polar surface area (TPSA) is 70.2 Å². The molecule has 33 heavy (non-hydrogen) atoms. The number of sulfonamides is 1. The van der Waals surface area contributed by atoms with Gasteiger partial charge in [-0.3, -0.25) is 9.69 Å². The van der Waals surface area contributed by atoms with Gasteiger partial charge in [0.25, 0.3) is 5.91 Å². The largest absolute Gasteiger partial charge is 0.495 e. The standard InChI is InChI=1S/C25H39N3O4S/c1-32-23-12-11-22(19-24(23)33(30,31)28-13-7-2-3-8-14-28)25(29)27-17-15-26(16-18-27)20-21-9-5-4-6-10-21/h11-12,19,21H,2-10,13-18,20H2,1H3. The number of hydrogen-bond donors (Lipinski definition) is 0. The Hall–Kier alpha value is -1.64. The van der Waals surface area contributed by atoms with E-state index in [-0.39, 0.29) is 10.8 Å². The number of ether oxygens (including phenoxy) is 1. The van der Waals surface area contributed by atoms with Gasteiger partial charge in [0, 0.05) is 51.4 Å². The first-order chi connectivity index (χ1) is 16.0. The number of carbonyl (C=O) groups excluding carboxylic acids is 1. The van der Waals surface area contributed by atoms with Crippen LogP contribution in [0, 0.1) is 5.92 Å². The molecule has 1 aliphatic carbocycles. The molecule has 0 unspecified atom stereocenters. The third kappa shape index (κ3) is 5.89. The smallest absolute Gasteiger partial charge is 0.253 e. The van der Waals surface area contributed by atoms with E-state index in [4.69, 9.17) is 4.74 Å². The summed E-state index contributed by atoms with van der Waals surface area (Å²) in [5.74, 6) is 1.00. The molecule has 3 aliphatic rings. The van der Waals surface area contributed by atoms with E-state index in [2.05, 4.69) is 4.90 Å². The highest BCUT2D eigenvalue weighted by Crippen LogP contribution is 2.30. The molecule has 0 spiro atoms. The number of amides is 1. The predicted octanol–water partition coefficient (Wildman–Crippen LogP) is 3.60. The van der Waals surface area contributed by atoms with E-state index < -0.39 is 10.0 Å². The number of benzene rings is 1. The van der Waals surface area contributed by atoms with Gasteiger partial charge in [-0.2, -0.15) is 4.31 Å². The zero-order valence-corrected chi connectivity index (χ0v) is 20.8. The molecule has 8 heteroatoms. The molecule has 2 heterocycles. The third-order valence-corrected chi connectivity index (χ3v) is 9.41. The predicted molar refractivity (Wildman–Crippen MR) is 129 cm³/mol. The van der Waals surface area contributed by atoms with Gasteiger partial charge < -0.3 is 9.64 Å². The van der Waals surface area contributed by atoms with E-state index in [1.54, 1.807) is 16.4 Å². The van der Waals surface area contributed by atoms with Gasteiger partial charge in [0.2, 0.25) is 10.0 Å². The number of nitrogens with zero attached hydrogens (tertiary/aromatic N) is 3. The quantitative estimate of drug-likeness (QED) is 0.626. The fourth-order valence-electron chi connectivity index (χ4n) is 5.48. The summed E-state index contributed by atoms with van der Waals surface area (Å²) in [6.45, 7) is 5.33. The molecule has 0 bridgehead atoms. The van der Waals surface area contributed by atoms with Crippen LogP contribution in [0.15, 0.2) is 23.1 Å². The maximum Gasteiger partial charge on any atom is 0.253 e. The Morgan fingerprint density at radius 2 is 1.55 bits per heavy atom. The zero-order chi connectivity index (χ0) is 23.3. The molecule has 3 fully saturated rings. The number of carbonyl (C=O) groups is 1. The molecule has 1 saturated carbocycles. The normalized spacial score (nSPS) is 22.2. The van der Waals surface area contributed by atoms with E-state index in [1.165, 1.54) is 45.3 Å². The SMILES string of the molecule is COc1ccc(C(=O)N2CCN(CC3CCCCC3)CC2)cc1S(=O)(=O)N1CCCCCC1. The zero-order valence-electron chi connectivity index (χ0n) is 20.0. The average molecular weight is 478 g/mol. The minimum atomic E-state index is -3.71. The molecule has 7 nitrogen and oxygen atoms in total. The van der Waals surface area contributed by atoms with Gasteiger partial charge in [-0.05, 0) is 49.8 Å². The van der Waals surface area contributed by atoms with Gasteiger partial charge in [0.1, 0.15) is 10.6 Å². The lowest BCUT2D eigenvalue weighted by Gasteiger charge is -2.37. The maximum atomic E-state index is 13.4. The Morgan fingerprint density at radius 1 is 0.909 bits per heavy atom. The molecule has 184 valence electrons. The van der Waals surface area contributed by atoms with Crippen LogP contribution in [0.5, 0.6) is 5.75 Å². The molecule has 1 aromatic rings. The third-order valence-electron chi connectivity index (χ3n) is 7.49. The minimum Gasteiger partial charge on any atom is -0.495 e. The van der Waals surface area contributed by atoms with Crippen LogP contribution in [0.25, 0.3) is 0 Å². The van der Waals surface area contributed by atoms with Gasteiger partial charge in [0.05, 0.1) is 7.11 Å². The second-order valence-electron chi connectivity index (χ2n) is 9.78. The highest BCUT2D eigenvalue weighted by atomic mass is 32.2. The molecule has 0 aromatic heterocycles. The van der Waals surface area contributed by atoms with Gasteiger partial charge in [-0.25, -0.2) is 8.42 Å². The van der Waals surface area contributed by atoms with E-state index in [9.17, 15) is 13.2 Å². The van der Waals surface area contributed by atoms with E-state index in [0.29, 0.717) is 37.5 Å². The number of hydrogen-bond acceptors (Lipinski definition) is 5. The van der Waals surface area contributed by atoms with Crippen LogP contribution in [-0.4, -0.2) is 81.4 Å². The number of rotatable bonds is 6. The first-order valence-corrected chi connectivity index (χ1v) is 14.1. The van der Waals surface area contributed by atoms with Crippen LogP contribution in [-0.2, 0) is 10.0 Å². The Balaban J connectivity index is 1.44. The lowest BCUT2D eigenvalue weighted by molar-refractivity contribution is 0.0606. The van der Waals surface area contributed by atoms with Crippen LogP contribution in [0.4, 0.5) is 0 Å². The summed E-state index contributed by atoms with van der Waals surface area (Å²) >= 11 is 0. The Morgan fingerprint density at radius 3 is 2.18 bits per heavy atom. The van der Waals surface area contributed by atoms with Crippen molar-refractivity contribution in [2.75, 3.05) is 52.9 Å². The summed E-state index contributed by atoms with van der Waals surface area (Å²) in [5, 5.41) is 0. The Labute approximate surface area is 199 Å². The molecule has 2 aliphatic heterocycles. The van der Waals surface area contributed by atoms with E-state index in [1.807, 2.05) is 4.90 Å². The molecule has 1 aromatic carbocycles. The van der Waals surface area contributed by atoms with Crippen molar-refractivity contribution >= 4 is 15.9 Å². The fraction of sp³-hybridized carbons (Fsp3) is 0.720. The van der Waals surface area contributed by atoms with Crippen molar-refractivity contribution in [2.45, 2.75) is 62.7 Å². The summed E-state index contributed by atoms with van der Waals surface area (Å²) in [7, 11) is -2.23. The molecule has 4 rings (SSSR count). The summed E-state index contributed by atoms with van der Waals surface area (Å²) in [5.41, 5.74) is 0.421. The van der Waals surface area contributed by atoms with Crippen molar-refractivity contribution in [3.05, 3.63) is 23.8 Å². The van der Waals surface area contributed by atoms with Crippen molar-refractivity contribution in [2.24, 2.45) is 5.92 Å². The van der Waals surface area contributed by atoms with Crippen molar-refractivity contribution < 1.29 is 17.9 Å². The highest BCUT2D eigenvalue weighted by molar-refractivity contribution is 7.89. The van der Waals surface area contributed by atoms with Gasteiger partial charge in [-0.1, -0.05) is 32.1 Å². The van der Waals surface area contributed by atoms with Crippen molar-refractivity contribution in [3.63, 3.8) is 0 Å². The fourth-order valence-corrected chi connectivity index (χ4v) is 7.18. The lowest BCUT2D eigenvalue weighted by Crippen LogP contribution is -2.49. The Kier molecular flexibility index (Phi) is 8.30. The van der Waals surface area contributed by atoms with Crippen LogP contribution in [0.2, 0.25) is 0 Å². The highest BCUT2D eigenvalue weighted by Gasteiger charge is 2.30. The number of methoxy groups -OCH3 is 1. The van der Waals surface area contributed by atoms with Crippen LogP contribution >= 0.6 is 0 Å². The molecule has 0 radical (unpaired) electrons. The van der Waals surface area contributed by atoms with Gasteiger partial charge in [0.15, 0.2) is 0 Å². The lowest BCUT2D eigenvalue weighted by atomic mass is 9.89. The molecular formula is C25H39N3O4S. The van der Waals surface area contributed by atoms with Crippen molar-refractivity contribution in [1.29, 1.82) is 0 Å². The summed E-state index contributed by atoms with van der Waals surface area (Å²) in [6, 6.07) is 4.84. The van der Waals surface area contributed by atoms with E-state index >= 15 is 0 Å². The number of piperazine rings is 1. The maximum absolute atomic E-state index is 13.4. The first kappa shape index (κ1) is 24.5. The second kappa shape index (κ2) is 11.2. The van der Waals surface area contributed by atoms with Gasteiger partial charge in [-0.15, -0.1) is 0 Å². The van der Waals surface area contributed by atoms with Crippen LogP contribution < -0.4 is 4.74 Å². The molecule has 0 atom stereocenters. The molecular weight excluding hydrogens is 438 g/mol.